The first-order valence-corrected chi connectivity index (χ1v) is 7.45. The van der Waals surface area contributed by atoms with Crippen LogP contribution < -0.4 is 4.74 Å². The molecule has 2 aromatic carbocycles. The third kappa shape index (κ3) is 2.77. The van der Waals surface area contributed by atoms with Gasteiger partial charge in [0.25, 0.3) is 0 Å². The van der Waals surface area contributed by atoms with Gasteiger partial charge in [-0.3, -0.25) is 0 Å². The molecule has 1 N–H and O–H groups in total. The predicted octanol–water partition coefficient (Wildman–Crippen LogP) is 4.44. The number of fused-ring (bicyclic) bond motifs is 1. The van der Waals surface area contributed by atoms with E-state index in [1.807, 2.05) is 50.2 Å². The van der Waals surface area contributed by atoms with Crippen molar-refractivity contribution in [1.29, 1.82) is 0 Å². The van der Waals surface area contributed by atoms with Crippen molar-refractivity contribution in [1.82, 2.24) is 4.57 Å². The Labute approximate surface area is 134 Å². The van der Waals surface area contributed by atoms with Gasteiger partial charge in [0, 0.05) is 5.39 Å². The summed E-state index contributed by atoms with van der Waals surface area (Å²) in [6, 6.07) is 13.4. The van der Waals surface area contributed by atoms with E-state index in [-0.39, 0.29) is 11.6 Å². The summed E-state index contributed by atoms with van der Waals surface area (Å²) in [5.74, 6) is 0.670. The summed E-state index contributed by atoms with van der Waals surface area (Å²) in [6.45, 7) is 4.75. The molecule has 0 aliphatic heterocycles. The molecule has 0 aliphatic carbocycles. The number of ether oxygens (including phenoxy) is 1. The maximum atomic E-state index is 11.0. The van der Waals surface area contributed by atoms with E-state index in [2.05, 4.69) is 5.18 Å². The molecule has 5 heteroatoms. The number of nitroso groups, excluding NO2 is 1. The summed E-state index contributed by atoms with van der Waals surface area (Å²) in [6.07, 6.45) is 0. The van der Waals surface area contributed by atoms with Crippen LogP contribution >= 0.6 is 0 Å². The molecular formula is C18H18N2O3. The lowest BCUT2D eigenvalue weighted by molar-refractivity contribution is 0.290. The molecule has 5 nitrogen and oxygen atoms in total. The second-order valence-electron chi connectivity index (χ2n) is 5.55. The zero-order valence-electron chi connectivity index (χ0n) is 13.1. The van der Waals surface area contributed by atoms with Crippen LogP contribution in [-0.2, 0) is 6.54 Å². The molecular weight excluding hydrogens is 292 g/mol. The molecule has 0 aliphatic rings. The van der Waals surface area contributed by atoms with E-state index >= 15 is 0 Å². The molecule has 0 fully saturated rings. The Morgan fingerprint density at radius 2 is 1.96 bits per heavy atom. The summed E-state index contributed by atoms with van der Waals surface area (Å²) in [4.78, 5) is 11.0. The zero-order chi connectivity index (χ0) is 16.4. The van der Waals surface area contributed by atoms with Crippen LogP contribution in [-0.4, -0.2) is 16.3 Å². The Kier molecular flexibility index (Phi) is 4.02. The Balaban J connectivity index is 1.88. The number of benzene rings is 2. The van der Waals surface area contributed by atoms with Crippen LogP contribution in [0.1, 0.15) is 11.1 Å². The molecule has 0 amide bonds. The van der Waals surface area contributed by atoms with Gasteiger partial charge in [0.1, 0.15) is 12.4 Å². The zero-order valence-corrected chi connectivity index (χ0v) is 13.1. The van der Waals surface area contributed by atoms with Crippen molar-refractivity contribution >= 4 is 16.6 Å². The highest BCUT2D eigenvalue weighted by Gasteiger charge is 2.18. The number of hydrogen-bond acceptors (Lipinski definition) is 4. The summed E-state index contributed by atoms with van der Waals surface area (Å²) in [7, 11) is 0. The topological polar surface area (TPSA) is 63.8 Å². The Morgan fingerprint density at radius 1 is 1.17 bits per heavy atom. The fraction of sp³-hybridized carbons (Fsp3) is 0.222. The molecule has 0 saturated heterocycles. The van der Waals surface area contributed by atoms with Gasteiger partial charge in [-0.1, -0.05) is 30.3 Å². The van der Waals surface area contributed by atoms with Crippen molar-refractivity contribution in [3.8, 4) is 11.6 Å². The summed E-state index contributed by atoms with van der Waals surface area (Å²) in [5, 5.41) is 13.9. The van der Waals surface area contributed by atoms with Crippen molar-refractivity contribution in [3.63, 3.8) is 0 Å². The van der Waals surface area contributed by atoms with Gasteiger partial charge < -0.3 is 14.4 Å². The van der Waals surface area contributed by atoms with E-state index in [9.17, 15) is 10.0 Å². The molecule has 0 atom stereocenters. The first-order valence-electron chi connectivity index (χ1n) is 7.45. The highest BCUT2D eigenvalue weighted by atomic mass is 16.5. The lowest BCUT2D eigenvalue weighted by Gasteiger charge is -2.10. The van der Waals surface area contributed by atoms with Crippen LogP contribution in [0.2, 0.25) is 0 Å². The number of rotatable bonds is 5. The van der Waals surface area contributed by atoms with Gasteiger partial charge in [-0.05, 0) is 42.3 Å². The molecule has 0 radical (unpaired) electrons. The molecule has 1 aromatic heterocycles. The highest BCUT2D eigenvalue weighted by molar-refractivity contribution is 5.96. The average Bonchev–Trinajstić information content (AvgIpc) is 2.80. The summed E-state index contributed by atoms with van der Waals surface area (Å²) >= 11 is 0. The fourth-order valence-electron chi connectivity index (χ4n) is 2.83. The number of aryl methyl sites for hydroxylation is 2. The molecule has 3 rings (SSSR count). The standard InChI is InChI=1S/C18H18N2O3/c1-12-5-3-7-14(11-12)23-10-9-20-17-13(2)6-4-8-15(17)16(19-22)18(20)21/h3-8,11,21H,9-10H2,1-2H3. The van der Waals surface area contributed by atoms with E-state index in [1.165, 1.54) is 0 Å². The molecule has 118 valence electrons. The van der Waals surface area contributed by atoms with Gasteiger partial charge in [0.2, 0.25) is 5.88 Å². The maximum Gasteiger partial charge on any atom is 0.222 e. The van der Waals surface area contributed by atoms with Gasteiger partial charge in [-0.2, -0.15) is 0 Å². The van der Waals surface area contributed by atoms with Crippen LogP contribution in [0.3, 0.4) is 0 Å². The van der Waals surface area contributed by atoms with Crippen molar-refractivity contribution in [2.45, 2.75) is 20.4 Å². The van der Waals surface area contributed by atoms with Crippen LogP contribution in [0.25, 0.3) is 10.9 Å². The minimum Gasteiger partial charge on any atom is -0.493 e. The van der Waals surface area contributed by atoms with Crippen LogP contribution in [0, 0.1) is 18.8 Å². The Morgan fingerprint density at radius 3 is 2.70 bits per heavy atom. The minimum absolute atomic E-state index is 0.0826. The highest BCUT2D eigenvalue weighted by Crippen LogP contribution is 2.39. The first kappa shape index (κ1) is 15.1. The van der Waals surface area contributed by atoms with Crippen LogP contribution in [0.4, 0.5) is 5.69 Å². The number of aromatic hydroxyl groups is 1. The van der Waals surface area contributed by atoms with Crippen molar-refractivity contribution in [2.75, 3.05) is 6.61 Å². The van der Waals surface area contributed by atoms with Crippen molar-refractivity contribution in [2.24, 2.45) is 5.18 Å². The van der Waals surface area contributed by atoms with Crippen molar-refractivity contribution < 1.29 is 9.84 Å². The number of para-hydroxylation sites is 1. The average molecular weight is 310 g/mol. The van der Waals surface area contributed by atoms with Gasteiger partial charge >= 0.3 is 0 Å². The van der Waals surface area contributed by atoms with Crippen LogP contribution in [0.5, 0.6) is 11.6 Å². The quantitative estimate of drug-likeness (QED) is 0.708. The Hall–Kier alpha value is -2.82. The normalized spacial score (nSPS) is 10.9. The van der Waals surface area contributed by atoms with E-state index < -0.39 is 0 Å². The number of nitrogens with zero attached hydrogens (tertiary/aromatic N) is 2. The second kappa shape index (κ2) is 6.12. The molecule has 0 bridgehead atoms. The lowest BCUT2D eigenvalue weighted by atomic mass is 10.1. The van der Waals surface area contributed by atoms with E-state index in [4.69, 9.17) is 4.74 Å². The molecule has 23 heavy (non-hydrogen) atoms. The van der Waals surface area contributed by atoms with Crippen molar-refractivity contribution in [3.05, 3.63) is 58.5 Å². The van der Waals surface area contributed by atoms with E-state index in [1.54, 1.807) is 10.6 Å². The first-order chi connectivity index (χ1) is 11.1. The van der Waals surface area contributed by atoms with Gasteiger partial charge in [-0.15, -0.1) is 4.91 Å². The third-order valence-corrected chi connectivity index (χ3v) is 3.89. The summed E-state index contributed by atoms with van der Waals surface area (Å²) in [5.41, 5.74) is 3.00. The molecule has 0 saturated carbocycles. The maximum absolute atomic E-state index is 11.0. The van der Waals surface area contributed by atoms with E-state index in [0.717, 1.165) is 22.4 Å². The van der Waals surface area contributed by atoms with Gasteiger partial charge in [0.05, 0.1) is 12.1 Å². The second-order valence-corrected chi connectivity index (χ2v) is 5.55. The molecule has 3 aromatic rings. The van der Waals surface area contributed by atoms with Gasteiger partial charge in [-0.25, -0.2) is 0 Å². The number of hydrogen-bond donors (Lipinski definition) is 1. The van der Waals surface area contributed by atoms with Crippen LogP contribution in [0.15, 0.2) is 47.6 Å². The SMILES string of the molecule is Cc1cccc(OCCn2c(O)c(N=O)c3cccc(C)c32)c1. The largest absolute Gasteiger partial charge is 0.493 e. The monoisotopic (exact) mass is 310 g/mol. The van der Waals surface area contributed by atoms with Gasteiger partial charge in [0.15, 0.2) is 5.69 Å². The predicted molar refractivity (Wildman–Crippen MR) is 90.5 cm³/mol. The molecule has 0 unspecified atom stereocenters. The fourth-order valence-corrected chi connectivity index (χ4v) is 2.83. The molecule has 1 heterocycles. The molecule has 0 spiro atoms. The lowest BCUT2D eigenvalue weighted by Crippen LogP contribution is -2.08. The summed E-state index contributed by atoms with van der Waals surface area (Å²) < 4.78 is 7.41. The number of aromatic nitrogens is 1. The smallest absolute Gasteiger partial charge is 0.222 e. The Bertz CT molecular complexity index is 868. The van der Waals surface area contributed by atoms with E-state index in [0.29, 0.717) is 18.5 Å². The third-order valence-electron chi connectivity index (χ3n) is 3.89. The minimum atomic E-state index is -0.114.